The molecule has 5 nitrogen and oxygen atoms in total. The topological polar surface area (TPSA) is 60.9 Å². The van der Waals surface area contributed by atoms with E-state index in [2.05, 4.69) is 0 Å². The predicted molar refractivity (Wildman–Crippen MR) is 80.4 cm³/mol. The van der Waals surface area contributed by atoms with Gasteiger partial charge in [-0.05, 0) is 24.6 Å². The quantitative estimate of drug-likeness (QED) is 0.907. The van der Waals surface area contributed by atoms with E-state index < -0.39 is 12.0 Å². The molecule has 6 heteroatoms. The van der Waals surface area contributed by atoms with E-state index in [0.29, 0.717) is 12.3 Å². The molecule has 20 heavy (non-hydrogen) atoms. The lowest BCUT2D eigenvalue weighted by molar-refractivity contribution is -0.141. The normalized spacial score (nSPS) is 18.7. The van der Waals surface area contributed by atoms with Crippen molar-refractivity contribution in [1.29, 1.82) is 0 Å². The minimum absolute atomic E-state index is 0.261. The minimum atomic E-state index is -0.941. The Balaban J connectivity index is 2.18. The highest BCUT2D eigenvalue weighted by atomic mass is 32.2. The van der Waals surface area contributed by atoms with Gasteiger partial charge >= 0.3 is 12.0 Å². The van der Waals surface area contributed by atoms with Gasteiger partial charge in [-0.2, -0.15) is 11.8 Å². The van der Waals surface area contributed by atoms with Crippen molar-refractivity contribution in [2.24, 2.45) is 0 Å². The lowest BCUT2D eigenvalue weighted by Gasteiger charge is -2.35. The predicted octanol–water partition coefficient (Wildman–Crippen LogP) is 2.05. The molecule has 0 aromatic heterocycles. The van der Waals surface area contributed by atoms with Crippen LogP contribution < -0.4 is 4.90 Å². The molecule has 1 fully saturated rings. The first-order chi connectivity index (χ1) is 9.50. The molecule has 1 unspecified atom stereocenters. The number of urea groups is 1. The van der Waals surface area contributed by atoms with Gasteiger partial charge in [0.15, 0.2) is 0 Å². The Morgan fingerprint density at radius 3 is 2.85 bits per heavy atom. The summed E-state index contributed by atoms with van der Waals surface area (Å²) in [6.07, 6.45) is 0. The average Bonchev–Trinajstić information content (AvgIpc) is 2.45. The zero-order valence-corrected chi connectivity index (χ0v) is 12.4. The molecule has 0 aliphatic carbocycles. The number of rotatable bonds is 2. The molecule has 1 aromatic rings. The van der Waals surface area contributed by atoms with Crippen molar-refractivity contribution in [1.82, 2.24) is 4.90 Å². The average molecular weight is 294 g/mol. The van der Waals surface area contributed by atoms with Gasteiger partial charge in [0.25, 0.3) is 0 Å². The number of carboxylic acid groups (broad SMARTS) is 1. The Morgan fingerprint density at radius 1 is 1.45 bits per heavy atom. The van der Waals surface area contributed by atoms with Gasteiger partial charge in [0.05, 0.1) is 0 Å². The Bertz CT molecular complexity index is 521. The van der Waals surface area contributed by atoms with Crippen LogP contribution in [0.3, 0.4) is 0 Å². The molecule has 0 bridgehead atoms. The maximum Gasteiger partial charge on any atom is 0.327 e. The second kappa shape index (κ2) is 6.17. The standard InChI is InChI=1S/C14H18N2O3S/c1-10-4-3-5-11(8-10)15(2)14(19)16-6-7-20-9-12(16)13(17)18/h3-5,8,12H,6-7,9H2,1-2H3,(H,17,18). The molecule has 1 aliphatic heterocycles. The first-order valence-corrected chi connectivity index (χ1v) is 7.57. The zero-order valence-electron chi connectivity index (χ0n) is 11.6. The van der Waals surface area contributed by atoms with Gasteiger partial charge < -0.3 is 10.0 Å². The van der Waals surface area contributed by atoms with Crippen molar-refractivity contribution in [3.05, 3.63) is 29.8 Å². The Hall–Kier alpha value is -1.69. The van der Waals surface area contributed by atoms with Gasteiger partial charge in [0.1, 0.15) is 6.04 Å². The zero-order chi connectivity index (χ0) is 14.7. The second-order valence-electron chi connectivity index (χ2n) is 4.80. The lowest BCUT2D eigenvalue weighted by Crippen LogP contribution is -2.54. The van der Waals surface area contributed by atoms with Gasteiger partial charge in [0, 0.05) is 30.8 Å². The van der Waals surface area contributed by atoms with Gasteiger partial charge in [-0.1, -0.05) is 12.1 Å². The van der Waals surface area contributed by atoms with Gasteiger partial charge in [0.2, 0.25) is 0 Å². The number of carbonyl (C=O) groups excluding carboxylic acids is 1. The third-order valence-electron chi connectivity index (χ3n) is 3.34. The van der Waals surface area contributed by atoms with E-state index in [1.54, 1.807) is 18.8 Å². The number of aliphatic carboxylic acids is 1. The molecule has 1 aromatic carbocycles. The minimum Gasteiger partial charge on any atom is -0.480 e. The van der Waals surface area contributed by atoms with Gasteiger partial charge in [-0.3, -0.25) is 4.90 Å². The monoisotopic (exact) mass is 294 g/mol. The van der Waals surface area contributed by atoms with Crippen molar-refractivity contribution in [3.63, 3.8) is 0 Å². The molecule has 1 heterocycles. The maximum absolute atomic E-state index is 12.5. The summed E-state index contributed by atoms with van der Waals surface area (Å²) in [6, 6.07) is 6.59. The molecule has 0 radical (unpaired) electrons. The fourth-order valence-corrected chi connectivity index (χ4v) is 3.22. The van der Waals surface area contributed by atoms with E-state index in [0.717, 1.165) is 17.0 Å². The number of carbonyl (C=O) groups is 2. The number of nitrogens with zero attached hydrogens (tertiary/aromatic N) is 2. The van der Waals surface area contributed by atoms with Crippen molar-refractivity contribution in [2.75, 3.05) is 30.0 Å². The summed E-state index contributed by atoms with van der Waals surface area (Å²) in [7, 11) is 1.68. The van der Waals surface area contributed by atoms with E-state index in [1.165, 1.54) is 9.80 Å². The highest BCUT2D eigenvalue weighted by molar-refractivity contribution is 7.99. The summed E-state index contributed by atoms with van der Waals surface area (Å²) in [4.78, 5) is 26.7. The molecule has 2 rings (SSSR count). The number of thioether (sulfide) groups is 1. The molecule has 1 atom stereocenters. The van der Waals surface area contributed by atoms with Crippen molar-refractivity contribution < 1.29 is 14.7 Å². The van der Waals surface area contributed by atoms with E-state index >= 15 is 0 Å². The van der Waals surface area contributed by atoms with Crippen molar-refractivity contribution >= 4 is 29.4 Å². The summed E-state index contributed by atoms with van der Waals surface area (Å²) in [6.45, 7) is 2.43. The summed E-state index contributed by atoms with van der Waals surface area (Å²) in [5.74, 6) is 0.281. The van der Waals surface area contributed by atoms with Crippen LogP contribution in [0.5, 0.6) is 0 Å². The second-order valence-corrected chi connectivity index (χ2v) is 5.95. The van der Waals surface area contributed by atoms with Crippen LogP contribution in [-0.4, -0.2) is 53.1 Å². The number of benzene rings is 1. The maximum atomic E-state index is 12.5. The van der Waals surface area contributed by atoms with Crippen LogP contribution in [0.15, 0.2) is 24.3 Å². The smallest absolute Gasteiger partial charge is 0.327 e. The van der Waals surface area contributed by atoms with Crippen LogP contribution in [0, 0.1) is 6.92 Å². The SMILES string of the molecule is Cc1cccc(N(C)C(=O)N2CCSCC2C(=O)O)c1. The molecule has 1 saturated heterocycles. The van der Waals surface area contributed by atoms with Crippen LogP contribution in [0.2, 0.25) is 0 Å². The highest BCUT2D eigenvalue weighted by Crippen LogP contribution is 2.21. The first kappa shape index (κ1) is 14.7. The number of aryl methyl sites for hydroxylation is 1. The number of amides is 2. The van der Waals surface area contributed by atoms with E-state index in [1.807, 2.05) is 31.2 Å². The molecular weight excluding hydrogens is 276 g/mol. The van der Waals surface area contributed by atoms with E-state index in [-0.39, 0.29) is 6.03 Å². The number of anilines is 1. The van der Waals surface area contributed by atoms with E-state index in [4.69, 9.17) is 0 Å². The highest BCUT2D eigenvalue weighted by Gasteiger charge is 2.34. The summed E-state index contributed by atoms with van der Waals surface area (Å²) < 4.78 is 0. The molecule has 1 aliphatic rings. The molecule has 108 valence electrons. The summed E-state index contributed by atoms with van der Waals surface area (Å²) in [5, 5.41) is 9.23. The van der Waals surface area contributed by atoms with Crippen LogP contribution >= 0.6 is 11.8 Å². The van der Waals surface area contributed by atoms with Crippen LogP contribution in [0.1, 0.15) is 5.56 Å². The lowest BCUT2D eigenvalue weighted by atomic mass is 10.2. The molecule has 0 spiro atoms. The number of hydrogen-bond donors (Lipinski definition) is 1. The Labute approximate surface area is 122 Å². The summed E-state index contributed by atoms with van der Waals surface area (Å²) in [5.41, 5.74) is 1.84. The van der Waals surface area contributed by atoms with Crippen LogP contribution in [0.4, 0.5) is 10.5 Å². The summed E-state index contributed by atoms with van der Waals surface area (Å²) >= 11 is 1.57. The van der Waals surface area contributed by atoms with E-state index in [9.17, 15) is 14.7 Å². The molecular formula is C14H18N2O3S. The third kappa shape index (κ3) is 3.07. The molecule has 1 N–H and O–H groups in total. The Kier molecular flexibility index (Phi) is 4.54. The Morgan fingerprint density at radius 2 is 2.20 bits per heavy atom. The van der Waals surface area contributed by atoms with Crippen molar-refractivity contribution in [3.8, 4) is 0 Å². The van der Waals surface area contributed by atoms with Crippen LogP contribution in [0.25, 0.3) is 0 Å². The fraction of sp³-hybridized carbons (Fsp3) is 0.429. The fourth-order valence-electron chi connectivity index (χ4n) is 2.18. The molecule has 0 saturated carbocycles. The third-order valence-corrected chi connectivity index (χ3v) is 4.36. The van der Waals surface area contributed by atoms with Crippen LogP contribution in [-0.2, 0) is 4.79 Å². The van der Waals surface area contributed by atoms with Crippen molar-refractivity contribution in [2.45, 2.75) is 13.0 Å². The molecule has 2 amide bonds. The number of carboxylic acids is 1. The van der Waals surface area contributed by atoms with Gasteiger partial charge in [-0.25, -0.2) is 9.59 Å². The number of hydrogen-bond acceptors (Lipinski definition) is 3. The van der Waals surface area contributed by atoms with Gasteiger partial charge in [-0.15, -0.1) is 0 Å². The largest absolute Gasteiger partial charge is 0.480 e. The first-order valence-electron chi connectivity index (χ1n) is 6.42.